The second-order valence-corrected chi connectivity index (χ2v) is 4.93. The summed E-state index contributed by atoms with van der Waals surface area (Å²) in [5.74, 6) is 0.0959. The van der Waals surface area contributed by atoms with Crippen LogP contribution in [-0.2, 0) is 6.54 Å². The van der Waals surface area contributed by atoms with Crippen LogP contribution in [0.3, 0.4) is 0 Å². The highest BCUT2D eigenvalue weighted by atomic mass is 35.5. The quantitative estimate of drug-likeness (QED) is 0.887. The Kier molecular flexibility index (Phi) is 4.65. The average Bonchev–Trinajstić information content (AvgIpc) is 2.43. The Morgan fingerprint density at radius 1 is 1.43 bits per heavy atom. The number of aromatic nitrogens is 1. The minimum absolute atomic E-state index is 0.0358. The van der Waals surface area contributed by atoms with Crippen LogP contribution in [0.4, 0.5) is 0 Å². The molecule has 2 rings (SSSR count). The van der Waals surface area contributed by atoms with Crippen molar-refractivity contribution in [3.8, 4) is 5.75 Å². The predicted octanol–water partition coefficient (Wildman–Crippen LogP) is 2.17. The first-order valence-corrected chi connectivity index (χ1v) is 6.85. The number of carbonyl (C=O) groups excluding carboxylic acids is 1. The molecule has 6 heteroatoms. The van der Waals surface area contributed by atoms with E-state index in [0.717, 1.165) is 11.3 Å². The summed E-state index contributed by atoms with van der Waals surface area (Å²) in [7, 11) is 0. The Morgan fingerprint density at radius 3 is 2.86 bits per heavy atom. The van der Waals surface area contributed by atoms with Gasteiger partial charge in [0.2, 0.25) is 0 Å². The smallest absolute Gasteiger partial charge is 0.252 e. The molecule has 0 saturated heterocycles. The molecule has 0 aliphatic heterocycles. The van der Waals surface area contributed by atoms with Crippen molar-refractivity contribution in [1.29, 1.82) is 5.41 Å². The number of hydrogen-bond donors (Lipinski definition) is 2. The van der Waals surface area contributed by atoms with E-state index >= 15 is 0 Å². The van der Waals surface area contributed by atoms with Crippen LogP contribution in [-0.4, -0.2) is 17.1 Å². The van der Waals surface area contributed by atoms with Crippen molar-refractivity contribution in [3.05, 3.63) is 58.2 Å². The number of primary amides is 1. The fraction of sp³-hybridized carbons (Fsp3) is 0.200. The standard InChI is InChI=1S/C15H16ClN3O2/c1-2-21-12-5-3-4-10(6-12)8-19-9-11(16)7-13(14(19)17)15(18)20/h3-7,9,17H,2,8H2,1H3,(H2,18,20). The van der Waals surface area contributed by atoms with Gasteiger partial charge < -0.3 is 15.0 Å². The molecule has 1 heterocycles. The lowest BCUT2D eigenvalue weighted by atomic mass is 10.2. The maximum atomic E-state index is 11.3. The van der Waals surface area contributed by atoms with E-state index in [2.05, 4.69) is 0 Å². The summed E-state index contributed by atoms with van der Waals surface area (Å²) in [6, 6.07) is 8.95. The molecule has 0 unspecified atom stereocenters. The van der Waals surface area contributed by atoms with E-state index in [9.17, 15) is 4.79 Å². The topological polar surface area (TPSA) is 81.1 Å². The second-order valence-electron chi connectivity index (χ2n) is 4.49. The SMILES string of the molecule is CCOc1cccc(Cn2cc(Cl)cc(C(N)=O)c2=N)c1. The maximum absolute atomic E-state index is 11.3. The second kappa shape index (κ2) is 6.45. The first-order chi connectivity index (χ1) is 10.0. The number of benzene rings is 1. The molecule has 0 atom stereocenters. The molecule has 0 saturated carbocycles. The highest BCUT2D eigenvalue weighted by Gasteiger charge is 2.09. The monoisotopic (exact) mass is 305 g/mol. The zero-order valence-electron chi connectivity index (χ0n) is 11.6. The van der Waals surface area contributed by atoms with Gasteiger partial charge in [0.15, 0.2) is 0 Å². The van der Waals surface area contributed by atoms with E-state index in [-0.39, 0.29) is 11.1 Å². The van der Waals surface area contributed by atoms with Gasteiger partial charge in [-0.25, -0.2) is 0 Å². The van der Waals surface area contributed by atoms with Crippen molar-refractivity contribution in [2.45, 2.75) is 13.5 Å². The Hall–Kier alpha value is -2.27. The lowest BCUT2D eigenvalue weighted by Crippen LogP contribution is -2.29. The summed E-state index contributed by atoms with van der Waals surface area (Å²) in [6.45, 7) is 2.91. The molecule has 3 N–H and O–H groups in total. The van der Waals surface area contributed by atoms with E-state index in [1.165, 1.54) is 6.07 Å². The summed E-state index contributed by atoms with van der Waals surface area (Å²) in [6.07, 6.45) is 1.60. The third-order valence-corrected chi connectivity index (χ3v) is 3.14. The summed E-state index contributed by atoms with van der Waals surface area (Å²) in [5.41, 5.74) is 6.34. The number of hydrogen-bond acceptors (Lipinski definition) is 3. The molecule has 1 aromatic carbocycles. The lowest BCUT2D eigenvalue weighted by Gasteiger charge is -2.11. The van der Waals surface area contributed by atoms with Crippen molar-refractivity contribution < 1.29 is 9.53 Å². The zero-order chi connectivity index (χ0) is 15.4. The fourth-order valence-electron chi connectivity index (χ4n) is 2.02. The third kappa shape index (κ3) is 3.64. The van der Waals surface area contributed by atoms with Crippen molar-refractivity contribution in [2.24, 2.45) is 5.73 Å². The number of nitrogens with one attached hydrogen (secondary N) is 1. The number of halogens is 1. The molecule has 110 valence electrons. The molecule has 0 radical (unpaired) electrons. The van der Waals surface area contributed by atoms with Gasteiger partial charge in [0, 0.05) is 12.7 Å². The fourth-order valence-corrected chi connectivity index (χ4v) is 2.25. The van der Waals surface area contributed by atoms with E-state index < -0.39 is 5.91 Å². The number of nitrogens with zero attached hydrogens (tertiary/aromatic N) is 1. The normalized spacial score (nSPS) is 10.4. The zero-order valence-corrected chi connectivity index (χ0v) is 12.4. The van der Waals surface area contributed by atoms with Gasteiger partial charge >= 0.3 is 0 Å². The molecule has 21 heavy (non-hydrogen) atoms. The molecule has 0 spiro atoms. The molecule has 0 aliphatic rings. The van der Waals surface area contributed by atoms with Crippen LogP contribution in [0.2, 0.25) is 5.02 Å². The number of nitrogens with two attached hydrogens (primary N) is 1. The molecule has 0 bridgehead atoms. The van der Waals surface area contributed by atoms with Gasteiger partial charge in [-0.15, -0.1) is 0 Å². The Bertz CT molecular complexity index is 725. The molecular weight excluding hydrogens is 290 g/mol. The lowest BCUT2D eigenvalue weighted by molar-refractivity contribution is 0.0998. The first-order valence-electron chi connectivity index (χ1n) is 6.47. The van der Waals surface area contributed by atoms with Crippen LogP contribution >= 0.6 is 11.6 Å². The van der Waals surface area contributed by atoms with Gasteiger partial charge in [-0.2, -0.15) is 0 Å². The molecule has 0 fully saturated rings. The minimum atomic E-state index is -0.667. The Morgan fingerprint density at radius 2 is 2.19 bits per heavy atom. The van der Waals surface area contributed by atoms with E-state index in [1.807, 2.05) is 31.2 Å². The van der Waals surface area contributed by atoms with E-state index in [4.69, 9.17) is 27.5 Å². The summed E-state index contributed by atoms with van der Waals surface area (Å²) < 4.78 is 7.02. The molecule has 5 nitrogen and oxygen atoms in total. The molecule has 2 aromatic rings. The van der Waals surface area contributed by atoms with Crippen molar-refractivity contribution >= 4 is 17.5 Å². The van der Waals surface area contributed by atoms with Gasteiger partial charge in [0.25, 0.3) is 5.91 Å². The Labute approximate surface area is 127 Å². The first kappa shape index (κ1) is 15.1. The van der Waals surface area contributed by atoms with E-state index in [1.54, 1.807) is 10.8 Å². The minimum Gasteiger partial charge on any atom is -0.494 e. The highest BCUT2D eigenvalue weighted by molar-refractivity contribution is 6.30. The van der Waals surface area contributed by atoms with Gasteiger partial charge in [-0.3, -0.25) is 10.2 Å². The van der Waals surface area contributed by atoms with Crippen LogP contribution < -0.4 is 16.0 Å². The molecule has 1 aromatic heterocycles. The van der Waals surface area contributed by atoms with Crippen LogP contribution in [0.15, 0.2) is 36.5 Å². The summed E-state index contributed by atoms with van der Waals surface area (Å²) >= 11 is 5.98. The number of pyridine rings is 1. The van der Waals surface area contributed by atoms with Gasteiger partial charge in [-0.05, 0) is 30.7 Å². The average molecular weight is 306 g/mol. The molecule has 1 amide bonds. The largest absolute Gasteiger partial charge is 0.494 e. The van der Waals surface area contributed by atoms with Crippen molar-refractivity contribution in [2.75, 3.05) is 6.61 Å². The van der Waals surface area contributed by atoms with Gasteiger partial charge in [0.05, 0.1) is 17.2 Å². The van der Waals surface area contributed by atoms with Crippen molar-refractivity contribution in [1.82, 2.24) is 4.57 Å². The highest BCUT2D eigenvalue weighted by Crippen LogP contribution is 2.15. The molecular formula is C15H16ClN3O2. The Balaban J connectivity index is 2.38. The number of ether oxygens (including phenoxy) is 1. The van der Waals surface area contributed by atoms with Gasteiger partial charge in [0.1, 0.15) is 11.2 Å². The summed E-state index contributed by atoms with van der Waals surface area (Å²) in [5, 5.41) is 8.39. The summed E-state index contributed by atoms with van der Waals surface area (Å²) in [4.78, 5) is 11.3. The van der Waals surface area contributed by atoms with Gasteiger partial charge in [-0.1, -0.05) is 23.7 Å². The maximum Gasteiger partial charge on any atom is 0.252 e. The van der Waals surface area contributed by atoms with Crippen LogP contribution in [0.25, 0.3) is 0 Å². The number of rotatable bonds is 5. The van der Waals surface area contributed by atoms with Crippen LogP contribution in [0, 0.1) is 5.41 Å². The van der Waals surface area contributed by atoms with Crippen molar-refractivity contribution in [3.63, 3.8) is 0 Å². The van der Waals surface area contributed by atoms with E-state index in [0.29, 0.717) is 18.2 Å². The number of carbonyl (C=O) groups is 1. The molecule has 0 aliphatic carbocycles. The van der Waals surface area contributed by atoms with Crippen LogP contribution in [0.1, 0.15) is 22.8 Å². The van der Waals surface area contributed by atoms with Crippen LogP contribution in [0.5, 0.6) is 5.75 Å². The predicted molar refractivity (Wildman–Crippen MR) is 80.5 cm³/mol. The number of amides is 1. The third-order valence-electron chi connectivity index (χ3n) is 2.93.